The van der Waals surface area contributed by atoms with Gasteiger partial charge in [0, 0.05) is 0 Å². The molecule has 0 unspecified atom stereocenters. The highest BCUT2D eigenvalue weighted by Gasteiger charge is 2.49. The second-order valence-electron chi connectivity index (χ2n) is 7.27. The van der Waals surface area contributed by atoms with E-state index < -0.39 is 23.6 Å². The number of β-amino-alcohol motifs (C(OH)–C–C–N with tert-alkyl or cyclic N) is 1. The van der Waals surface area contributed by atoms with Gasteiger partial charge in [0.1, 0.15) is 24.0 Å². The molecule has 2 aromatic carbocycles. The fraction of sp³-hybridized carbons (Fsp3) is 0.333. The number of fused-ring (bicyclic) bond motifs is 1. The lowest BCUT2D eigenvalue weighted by Gasteiger charge is -2.23. The van der Waals surface area contributed by atoms with Gasteiger partial charge in [0.2, 0.25) is 6.79 Å². The molecular formula is C21H22N2O6. The maximum absolute atomic E-state index is 13.0. The quantitative estimate of drug-likeness (QED) is 0.722. The van der Waals surface area contributed by atoms with Crippen LogP contribution in [0.5, 0.6) is 17.2 Å². The van der Waals surface area contributed by atoms with Crippen LogP contribution in [0.15, 0.2) is 42.5 Å². The zero-order chi connectivity index (χ0) is 20.6. The number of ether oxygens (including phenoxy) is 3. The van der Waals surface area contributed by atoms with E-state index in [0.29, 0.717) is 22.8 Å². The van der Waals surface area contributed by atoms with Crippen molar-refractivity contribution in [3.05, 3.63) is 53.6 Å². The molecular weight excluding hydrogens is 376 g/mol. The third-order valence-electron chi connectivity index (χ3n) is 5.14. The third-order valence-corrected chi connectivity index (χ3v) is 5.14. The molecule has 3 amide bonds. The number of hydrogen-bond acceptors (Lipinski definition) is 6. The number of hydrogen-bond donors (Lipinski definition) is 2. The molecule has 2 aromatic rings. The Kier molecular flexibility index (Phi) is 4.79. The Morgan fingerprint density at radius 1 is 1.21 bits per heavy atom. The highest BCUT2D eigenvalue weighted by Crippen LogP contribution is 2.37. The van der Waals surface area contributed by atoms with Gasteiger partial charge in [-0.3, -0.25) is 9.69 Å². The van der Waals surface area contributed by atoms with Gasteiger partial charge in [-0.2, -0.15) is 0 Å². The summed E-state index contributed by atoms with van der Waals surface area (Å²) >= 11 is 0. The number of rotatable bonds is 6. The first-order valence-corrected chi connectivity index (χ1v) is 9.29. The molecule has 2 heterocycles. The average Bonchev–Trinajstić information content (AvgIpc) is 3.26. The number of carbonyl (C=O) groups excluding carboxylic acids is 2. The number of aliphatic hydroxyl groups excluding tert-OH is 1. The summed E-state index contributed by atoms with van der Waals surface area (Å²) in [7, 11) is 0. The van der Waals surface area contributed by atoms with Crippen molar-refractivity contribution in [3.63, 3.8) is 0 Å². The summed E-state index contributed by atoms with van der Waals surface area (Å²) in [6, 6.07) is 12.0. The zero-order valence-corrected chi connectivity index (χ0v) is 16.2. The molecule has 2 aliphatic heterocycles. The van der Waals surface area contributed by atoms with Crippen LogP contribution < -0.4 is 19.5 Å². The Hall–Kier alpha value is -3.26. The van der Waals surface area contributed by atoms with Gasteiger partial charge in [0.25, 0.3) is 5.91 Å². The molecule has 4 rings (SSSR count). The number of imide groups is 1. The number of para-hydroxylation sites is 1. The van der Waals surface area contributed by atoms with Crippen molar-refractivity contribution in [2.45, 2.75) is 25.5 Å². The fourth-order valence-electron chi connectivity index (χ4n) is 3.43. The van der Waals surface area contributed by atoms with Gasteiger partial charge >= 0.3 is 6.03 Å². The predicted molar refractivity (Wildman–Crippen MR) is 103 cm³/mol. The predicted octanol–water partition coefficient (Wildman–Crippen LogP) is 1.93. The van der Waals surface area contributed by atoms with Crippen LogP contribution in [0.4, 0.5) is 4.79 Å². The topological polar surface area (TPSA) is 97.3 Å². The van der Waals surface area contributed by atoms with Crippen molar-refractivity contribution in [1.29, 1.82) is 0 Å². The van der Waals surface area contributed by atoms with Gasteiger partial charge in [-0.05, 0) is 43.2 Å². The monoisotopic (exact) mass is 398 g/mol. The van der Waals surface area contributed by atoms with Crippen LogP contribution in [-0.4, -0.2) is 48.0 Å². The van der Waals surface area contributed by atoms with Crippen LogP contribution in [0, 0.1) is 6.92 Å². The van der Waals surface area contributed by atoms with Crippen LogP contribution in [0.25, 0.3) is 0 Å². The summed E-state index contributed by atoms with van der Waals surface area (Å²) in [5.41, 5.74) is 0.257. The third kappa shape index (κ3) is 3.47. The van der Waals surface area contributed by atoms with Gasteiger partial charge < -0.3 is 24.6 Å². The summed E-state index contributed by atoms with van der Waals surface area (Å²) < 4.78 is 16.3. The second kappa shape index (κ2) is 7.29. The van der Waals surface area contributed by atoms with Crippen molar-refractivity contribution in [2.75, 3.05) is 19.9 Å². The van der Waals surface area contributed by atoms with Gasteiger partial charge in [0.05, 0.1) is 6.54 Å². The fourth-order valence-corrected chi connectivity index (χ4v) is 3.43. The molecule has 8 heteroatoms. The lowest BCUT2D eigenvalue weighted by atomic mass is 9.91. The van der Waals surface area contributed by atoms with Gasteiger partial charge in [-0.15, -0.1) is 0 Å². The number of nitrogens with one attached hydrogen (secondary N) is 1. The second-order valence-corrected chi connectivity index (χ2v) is 7.27. The number of nitrogens with zero attached hydrogens (tertiary/aromatic N) is 1. The molecule has 8 nitrogen and oxygen atoms in total. The van der Waals surface area contributed by atoms with E-state index in [-0.39, 0.29) is 19.9 Å². The first kappa shape index (κ1) is 19.1. The summed E-state index contributed by atoms with van der Waals surface area (Å²) in [5.74, 6) is 1.32. The molecule has 1 saturated heterocycles. The van der Waals surface area contributed by atoms with Crippen molar-refractivity contribution >= 4 is 11.9 Å². The first-order chi connectivity index (χ1) is 13.9. The molecule has 2 atom stereocenters. The molecule has 0 saturated carbocycles. The van der Waals surface area contributed by atoms with Crippen LogP contribution >= 0.6 is 0 Å². The Labute approximate surface area is 168 Å². The minimum Gasteiger partial charge on any atom is -0.491 e. The molecule has 0 spiro atoms. The Bertz CT molecular complexity index is 962. The lowest BCUT2D eigenvalue weighted by Crippen LogP contribution is -2.42. The summed E-state index contributed by atoms with van der Waals surface area (Å²) in [6.07, 6.45) is -1.02. The Morgan fingerprint density at radius 2 is 1.97 bits per heavy atom. The van der Waals surface area contributed by atoms with E-state index in [1.807, 2.05) is 25.1 Å². The van der Waals surface area contributed by atoms with Crippen LogP contribution in [0.1, 0.15) is 18.1 Å². The number of benzene rings is 2. The molecule has 0 radical (unpaired) electrons. The van der Waals surface area contributed by atoms with Gasteiger partial charge in [-0.25, -0.2) is 4.79 Å². The van der Waals surface area contributed by atoms with E-state index in [9.17, 15) is 14.7 Å². The molecule has 2 aliphatic rings. The number of amides is 3. The van der Waals surface area contributed by atoms with Gasteiger partial charge in [0.15, 0.2) is 11.5 Å². The van der Waals surface area contributed by atoms with Crippen LogP contribution in [0.3, 0.4) is 0 Å². The number of aliphatic hydroxyl groups is 1. The molecule has 0 aliphatic carbocycles. The summed E-state index contributed by atoms with van der Waals surface area (Å²) in [6.45, 7) is 3.44. The molecule has 0 bridgehead atoms. The summed E-state index contributed by atoms with van der Waals surface area (Å²) in [5, 5.41) is 13.0. The molecule has 152 valence electrons. The first-order valence-electron chi connectivity index (χ1n) is 9.29. The molecule has 2 N–H and O–H groups in total. The van der Waals surface area contributed by atoms with E-state index in [2.05, 4.69) is 5.32 Å². The highest BCUT2D eigenvalue weighted by atomic mass is 16.7. The summed E-state index contributed by atoms with van der Waals surface area (Å²) in [4.78, 5) is 26.5. The average molecular weight is 398 g/mol. The van der Waals surface area contributed by atoms with Crippen molar-refractivity contribution in [2.24, 2.45) is 0 Å². The normalized spacial score (nSPS) is 21.3. The van der Waals surface area contributed by atoms with E-state index in [1.54, 1.807) is 31.2 Å². The van der Waals surface area contributed by atoms with Crippen LogP contribution in [-0.2, 0) is 10.3 Å². The van der Waals surface area contributed by atoms with Crippen molar-refractivity contribution < 1.29 is 28.9 Å². The van der Waals surface area contributed by atoms with Crippen molar-refractivity contribution in [3.8, 4) is 17.2 Å². The van der Waals surface area contributed by atoms with E-state index in [1.165, 1.54) is 0 Å². The van der Waals surface area contributed by atoms with Gasteiger partial charge in [-0.1, -0.05) is 24.3 Å². The lowest BCUT2D eigenvalue weighted by molar-refractivity contribution is -0.132. The highest BCUT2D eigenvalue weighted by molar-refractivity contribution is 6.07. The Balaban J connectivity index is 1.44. The van der Waals surface area contributed by atoms with Crippen molar-refractivity contribution in [1.82, 2.24) is 10.2 Å². The maximum atomic E-state index is 13.0. The van der Waals surface area contributed by atoms with E-state index in [4.69, 9.17) is 14.2 Å². The SMILES string of the molecule is Cc1ccccc1OC[C@@H](O)CN1C(=O)N[C@](C)(c2ccc3c(c2)OCO3)C1=O. The number of urea groups is 1. The largest absolute Gasteiger partial charge is 0.491 e. The minimum atomic E-state index is -1.26. The standard InChI is InChI=1S/C21H22N2O6/c1-13-5-3-4-6-16(13)27-11-15(24)10-23-19(25)21(2,22-20(23)26)14-7-8-17-18(9-14)29-12-28-17/h3-9,15,24H,10-12H2,1-2H3,(H,22,26)/t15-,21+/m0/s1. The van der Waals surface area contributed by atoms with E-state index >= 15 is 0 Å². The molecule has 1 fully saturated rings. The number of aryl methyl sites for hydroxylation is 1. The van der Waals surface area contributed by atoms with E-state index in [0.717, 1.165) is 10.5 Å². The van der Waals surface area contributed by atoms with Crippen LogP contribution in [0.2, 0.25) is 0 Å². The smallest absolute Gasteiger partial charge is 0.325 e. The number of carbonyl (C=O) groups is 2. The zero-order valence-electron chi connectivity index (χ0n) is 16.2. The Morgan fingerprint density at radius 3 is 2.76 bits per heavy atom. The minimum absolute atomic E-state index is 0.0390. The molecule has 0 aromatic heterocycles. The maximum Gasteiger partial charge on any atom is 0.325 e. The molecule has 29 heavy (non-hydrogen) atoms.